The molecule has 3 rings (SSSR count). The van der Waals surface area contributed by atoms with Crippen molar-refractivity contribution in [2.75, 3.05) is 7.11 Å². The van der Waals surface area contributed by atoms with E-state index in [1.165, 1.54) is 25.3 Å². The van der Waals surface area contributed by atoms with Gasteiger partial charge >= 0.3 is 0 Å². The number of phenolic OH excluding ortho intramolecular Hbond substituents is 1. The molecule has 1 aromatic carbocycles. The predicted octanol–water partition coefficient (Wildman–Crippen LogP) is 0.456. The molecule has 2 heterocycles. The minimum absolute atomic E-state index is 0.0174. The lowest BCUT2D eigenvalue weighted by Gasteiger charge is -2.16. The predicted molar refractivity (Wildman–Crippen MR) is 106 cm³/mol. The molecule has 0 saturated carbocycles. The van der Waals surface area contributed by atoms with Crippen LogP contribution >= 0.6 is 0 Å². The fourth-order valence-corrected chi connectivity index (χ4v) is 2.78. The summed E-state index contributed by atoms with van der Waals surface area (Å²) in [7, 11) is 1.50. The van der Waals surface area contributed by atoms with Gasteiger partial charge in [0, 0.05) is 16.7 Å². The van der Waals surface area contributed by atoms with Crippen molar-refractivity contribution < 1.29 is 9.84 Å². The topological polar surface area (TPSA) is 124 Å². The summed E-state index contributed by atoms with van der Waals surface area (Å²) in [6.07, 6.45) is 4.47. The highest BCUT2D eigenvalue weighted by Crippen LogP contribution is 2.23. The average molecular weight is 382 g/mol. The highest BCUT2D eigenvalue weighted by Gasteiger charge is 2.19. The summed E-state index contributed by atoms with van der Waals surface area (Å²) in [6, 6.07) is 4.60. The quantitative estimate of drug-likeness (QED) is 0.524. The number of hydrogen-bond acceptors (Lipinski definition) is 5. The number of H-pyrrole nitrogens is 3. The van der Waals surface area contributed by atoms with E-state index in [0.717, 1.165) is 5.69 Å². The first kappa shape index (κ1) is 19.2. The lowest BCUT2D eigenvalue weighted by Crippen LogP contribution is -2.46. The van der Waals surface area contributed by atoms with Crippen molar-refractivity contribution in [2.45, 2.75) is 26.2 Å². The van der Waals surface area contributed by atoms with Crippen LogP contribution in [0.25, 0.3) is 12.2 Å². The van der Waals surface area contributed by atoms with Crippen molar-refractivity contribution in [1.29, 1.82) is 0 Å². The number of methoxy groups -OCH3 is 1. The summed E-state index contributed by atoms with van der Waals surface area (Å²) < 4.78 is 5.11. The van der Waals surface area contributed by atoms with Crippen LogP contribution in [0, 0.1) is 0 Å². The molecule has 0 saturated heterocycles. The SMILES string of the molecule is COc1ccc(O)c(C=c2[nH]c(=O)c(=Cc3nc[nH]c3C(C)(C)C)[nH]c2=O)c1. The van der Waals surface area contributed by atoms with Gasteiger partial charge in [0.1, 0.15) is 22.2 Å². The molecule has 0 aliphatic rings. The highest BCUT2D eigenvalue weighted by molar-refractivity contribution is 5.58. The third-order valence-electron chi connectivity index (χ3n) is 4.22. The Morgan fingerprint density at radius 3 is 2.32 bits per heavy atom. The number of phenols is 1. The smallest absolute Gasteiger partial charge is 0.272 e. The zero-order valence-electron chi connectivity index (χ0n) is 16.1. The third kappa shape index (κ3) is 3.90. The van der Waals surface area contributed by atoms with E-state index in [4.69, 9.17) is 4.74 Å². The van der Waals surface area contributed by atoms with Gasteiger partial charge in [-0.3, -0.25) is 9.59 Å². The van der Waals surface area contributed by atoms with Gasteiger partial charge < -0.3 is 24.8 Å². The molecule has 0 aliphatic carbocycles. The number of aromatic hydroxyl groups is 1. The van der Waals surface area contributed by atoms with Crippen LogP contribution in [-0.2, 0) is 5.41 Å². The standard InChI is InChI=1S/C20H22N4O4/c1-20(2,3)17-13(21-10-22-17)9-15-19(27)23-14(18(26)24-15)8-11-7-12(28-4)5-6-16(11)25/h5-10,25H,1-4H3,(H,21,22)(H,23,27)(H,24,26). The normalized spacial score (nSPS) is 13.1. The van der Waals surface area contributed by atoms with Gasteiger partial charge in [0.25, 0.3) is 11.1 Å². The van der Waals surface area contributed by atoms with Crippen molar-refractivity contribution in [3.63, 3.8) is 0 Å². The summed E-state index contributed by atoms with van der Waals surface area (Å²) in [5.41, 5.74) is 0.601. The molecule has 0 atom stereocenters. The lowest BCUT2D eigenvalue weighted by atomic mass is 9.90. The molecule has 0 spiro atoms. The molecule has 146 valence electrons. The van der Waals surface area contributed by atoms with E-state index in [1.54, 1.807) is 18.5 Å². The molecule has 2 aromatic heterocycles. The summed E-state index contributed by atoms with van der Waals surface area (Å²) in [6.45, 7) is 6.05. The van der Waals surface area contributed by atoms with E-state index in [-0.39, 0.29) is 21.9 Å². The second-order valence-electron chi connectivity index (χ2n) is 7.36. The Bertz CT molecular complexity index is 1240. The minimum atomic E-state index is -0.499. The van der Waals surface area contributed by atoms with E-state index in [9.17, 15) is 14.7 Å². The summed E-state index contributed by atoms with van der Waals surface area (Å²) in [4.78, 5) is 37.4. The van der Waals surface area contributed by atoms with Crippen molar-refractivity contribution in [3.05, 3.63) is 72.9 Å². The molecule has 0 amide bonds. The van der Waals surface area contributed by atoms with E-state index < -0.39 is 11.1 Å². The number of benzene rings is 1. The zero-order chi connectivity index (χ0) is 20.5. The number of nitrogens with one attached hydrogen (secondary N) is 3. The fourth-order valence-electron chi connectivity index (χ4n) is 2.78. The van der Waals surface area contributed by atoms with Crippen LogP contribution in [0.3, 0.4) is 0 Å². The highest BCUT2D eigenvalue weighted by atomic mass is 16.5. The molecular formula is C20H22N4O4. The van der Waals surface area contributed by atoms with Crippen LogP contribution in [0.2, 0.25) is 0 Å². The first-order chi connectivity index (χ1) is 13.2. The molecule has 0 bridgehead atoms. The number of nitrogens with zero attached hydrogens (tertiary/aromatic N) is 1. The Morgan fingerprint density at radius 1 is 1.07 bits per heavy atom. The molecule has 0 unspecified atom stereocenters. The summed E-state index contributed by atoms with van der Waals surface area (Å²) >= 11 is 0. The summed E-state index contributed by atoms with van der Waals surface area (Å²) in [5, 5.41) is 10.1. The monoisotopic (exact) mass is 382 g/mol. The Hall–Kier alpha value is -3.55. The van der Waals surface area contributed by atoms with Crippen LogP contribution in [0.5, 0.6) is 11.5 Å². The number of imidazole rings is 1. The van der Waals surface area contributed by atoms with Crippen molar-refractivity contribution in [1.82, 2.24) is 19.9 Å². The second kappa shape index (κ2) is 7.22. The fraction of sp³-hybridized carbons (Fsp3) is 0.250. The van der Waals surface area contributed by atoms with Crippen LogP contribution in [-0.4, -0.2) is 32.2 Å². The van der Waals surface area contributed by atoms with Gasteiger partial charge in [0.2, 0.25) is 0 Å². The van der Waals surface area contributed by atoms with Gasteiger partial charge in [-0.25, -0.2) is 4.98 Å². The van der Waals surface area contributed by atoms with Gasteiger partial charge in [-0.15, -0.1) is 0 Å². The first-order valence-corrected chi connectivity index (χ1v) is 8.66. The summed E-state index contributed by atoms with van der Waals surface area (Å²) in [5.74, 6) is 0.476. The van der Waals surface area contributed by atoms with Gasteiger partial charge in [-0.2, -0.15) is 0 Å². The number of hydrogen-bond donors (Lipinski definition) is 4. The molecule has 8 nitrogen and oxygen atoms in total. The number of ether oxygens (including phenoxy) is 1. The molecular weight excluding hydrogens is 360 g/mol. The number of aromatic nitrogens is 4. The lowest BCUT2D eigenvalue weighted by molar-refractivity contribution is 0.412. The molecule has 0 fully saturated rings. The van der Waals surface area contributed by atoms with E-state index >= 15 is 0 Å². The van der Waals surface area contributed by atoms with Crippen molar-refractivity contribution >= 4 is 12.2 Å². The third-order valence-corrected chi connectivity index (χ3v) is 4.22. The Balaban J connectivity index is 2.15. The zero-order valence-corrected chi connectivity index (χ0v) is 16.1. The van der Waals surface area contributed by atoms with Gasteiger partial charge in [-0.1, -0.05) is 20.8 Å². The maximum Gasteiger partial charge on any atom is 0.272 e. The van der Waals surface area contributed by atoms with E-state index in [2.05, 4.69) is 19.9 Å². The van der Waals surface area contributed by atoms with Gasteiger partial charge in [-0.05, 0) is 30.4 Å². The molecule has 4 N–H and O–H groups in total. The average Bonchev–Trinajstić information content (AvgIpc) is 3.09. The van der Waals surface area contributed by atoms with Crippen LogP contribution in [0.15, 0.2) is 34.1 Å². The van der Waals surface area contributed by atoms with Crippen molar-refractivity contribution in [2.24, 2.45) is 0 Å². The van der Waals surface area contributed by atoms with E-state index in [1.807, 2.05) is 20.8 Å². The number of aromatic amines is 3. The Kier molecular flexibility index (Phi) is 4.96. The van der Waals surface area contributed by atoms with Crippen molar-refractivity contribution in [3.8, 4) is 11.5 Å². The van der Waals surface area contributed by atoms with Gasteiger partial charge in [0.05, 0.1) is 19.1 Å². The van der Waals surface area contributed by atoms with Crippen LogP contribution < -0.4 is 26.6 Å². The molecule has 28 heavy (non-hydrogen) atoms. The molecule has 3 aromatic rings. The maximum absolute atomic E-state index is 12.5. The second-order valence-corrected chi connectivity index (χ2v) is 7.36. The Labute approximate surface area is 160 Å². The minimum Gasteiger partial charge on any atom is -0.507 e. The first-order valence-electron chi connectivity index (χ1n) is 8.66. The van der Waals surface area contributed by atoms with Crippen LogP contribution in [0.4, 0.5) is 0 Å². The molecule has 8 heteroatoms. The molecule has 0 aliphatic heterocycles. The van der Waals surface area contributed by atoms with Gasteiger partial charge in [0.15, 0.2) is 0 Å². The van der Waals surface area contributed by atoms with Crippen LogP contribution in [0.1, 0.15) is 37.7 Å². The largest absolute Gasteiger partial charge is 0.507 e. The maximum atomic E-state index is 12.5. The molecule has 0 radical (unpaired) electrons. The number of rotatable bonds is 3. The van der Waals surface area contributed by atoms with E-state index in [0.29, 0.717) is 17.0 Å². The Morgan fingerprint density at radius 2 is 1.71 bits per heavy atom.